The first-order chi connectivity index (χ1) is 7.09. The molecule has 0 heterocycles. The van der Waals surface area contributed by atoms with Crippen molar-refractivity contribution < 1.29 is 9.59 Å². The first kappa shape index (κ1) is 11.9. The maximum atomic E-state index is 11.2. The van der Waals surface area contributed by atoms with Crippen molar-refractivity contribution in [2.45, 2.75) is 19.3 Å². The Hall–Kier alpha value is -1.17. The summed E-state index contributed by atoms with van der Waals surface area (Å²) >= 11 is 4.56. The van der Waals surface area contributed by atoms with Gasteiger partial charge >= 0.3 is 11.8 Å². The van der Waals surface area contributed by atoms with Crippen LogP contribution in [0.5, 0.6) is 0 Å². The van der Waals surface area contributed by atoms with Crippen LogP contribution in [0.2, 0.25) is 0 Å². The maximum absolute atomic E-state index is 11.2. The number of carbonyl (C=O) groups excluding carboxylic acids is 2. The topological polar surface area (TPSA) is 84.2 Å². The number of nitrogens with two attached hydrogens (primary N) is 1. The Bertz CT molecular complexity index is 277. The van der Waals surface area contributed by atoms with E-state index in [0.717, 1.165) is 12.3 Å². The molecule has 0 aromatic heterocycles. The van der Waals surface area contributed by atoms with Crippen molar-refractivity contribution in [2.24, 2.45) is 11.7 Å². The minimum absolute atomic E-state index is 0.0597. The van der Waals surface area contributed by atoms with Crippen molar-refractivity contribution in [1.82, 2.24) is 10.6 Å². The van der Waals surface area contributed by atoms with Crippen LogP contribution in [0, 0.1) is 5.92 Å². The molecule has 1 rings (SSSR count). The van der Waals surface area contributed by atoms with Crippen LogP contribution in [-0.4, -0.2) is 29.9 Å². The van der Waals surface area contributed by atoms with E-state index in [1.807, 2.05) is 0 Å². The Morgan fingerprint density at radius 1 is 1.27 bits per heavy atom. The zero-order valence-electron chi connectivity index (χ0n) is 8.41. The van der Waals surface area contributed by atoms with Gasteiger partial charge in [-0.2, -0.15) is 0 Å². The van der Waals surface area contributed by atoms with E-state index >= 15 is 0 Å². The van der Waals surface area contributed by atoms with Crippen LogP contribution < -0.4 is 16.4 Å². The molecule has 2 amide bonds. The molecule has 5 nitrogen and oxygen atoms in total. The Morgan fingerprint density at radius 3 is 2.40 bits per heavy atom. The van der Waals surface area contributed by atoms with E-state index < -0.39 is 11.8 Å². The van der Waals surface area contributed by atoms with Gasteiger partial charge in [0.1, 0.15) is 0 Å². The lowest BCUT2D eigenvalue weighted by atomic mass is 10.3. The SMILES string of the molecule is NC(=S)CNC(=O)C(=O)NCCC1CC1. The average Bonchev–Trinajstić information content (AvgIpc) is 2.97. The lowest BCUT2D eigenvalue weighted by molar-refractivity contribution is -0.139. The zero-order chi connectivity index (χ0) is 11.3. The summed E-state index contributed by atoms with van der Waals surface area (Å²) in [6, 6.07) is 0. The van der Waals surface area contributed by atoms with E-state index in [2.05, 4.69) is 22.9 Å². The van der Waals surface area contributed by atoms with Gasteiger partial charge in [0.2, 0.25) is 0 Å². The Balaban J connectivity index is 2.08. The van der Waals surface area contributed by atoms with Gasteiger partial charge in [0.25, 0.3) is 0 Å². The van der Waals surface area contributed by atoms with Crippen molar-refractivity contribution in [3.8, 4) is 0 Å². The molecule has 0 aromatic carbocycles. The number of nitrogens with one attached hydrogen (secondary N) is 2. The summed E-state index contributed by atoms with van der Waals surface area (Å²) in [6.45, 7) is 0.619. The molecule has 1 aliphatic rings. The van der Waals surface area contributed by atoms with Crippen LogP contribution in [-0.2, 0) is 9.59 Å². The summed E-state index contributed by atoms with van der Waals surface area (Å²) in [5.74, 6) is -0.560. The molecule has 84 valence electrons. The molecular formula is C9H15N3O2S. The lowest BCUT2D eigenvalue weighted by Gasteiger charge is -2.04. The van der Waals surface area contributed by atoms with Crippen molar-refractivity contribution in [1.29, 1.82) is 0 Å². The van der Waals surface area contributed by atoms with Gasteiger partial charge in [-0.3, -0.25) is 9.59 Å². The summed E-state index contributed by atoms with van der Waals surface area (Å²) in [7, 11) is 0. The summed E-state index contributed by atoms with van der Waals surface area (Å²) in [4.78, 5) is 22.4. The summed E-state index contributed by atoms with van der Waals surface area (Å²) in [5, 5.41) is 4.86. The van der Waals surface area contributed by atoms with E-state index in [0.29, 0.717) is 6.54 Å². The minimum atomic E-state index is -0.682. The second kappa shape index (κ2) is 5.65. The molecule has 0 spiro atoms. The molecule has 15 heavy (non-hydrogen) atoms. The highest BCUT2D eigenvalue weighted by Crippen LogP contribution is 2.31. The molecule has 1 saturated carbocycles. The van der Waals surface area contributed by atoms with E-state index in [4.69, 9.17) is 5.73 Å². The fourth-order valence-corrected chi connectivity index (χ4v) is 1.20. The molecule has 0 aromatic rings. The van der Waals surface area contributed by atoms with Gasteiger partial charge in [-0.05, 0) is 12.3 Å². The molecule has 4 N–H and O–H groups in total. The second-order valence-electron chi connectivity index (χ2n) is 3.64. The summed E-state index contributed by atoms with van der Waals surface area (Å²) in [6.07, 6.45) is 3.43. The van der Waals surface area contributed by atoms with Crippen LogP contribution in [0.15, 0.2) is 0 Å². The highest BCUT2D eigenvalue weighted by Gasteiger charge is 2.21. The Morgan fingerprint density at radius 2 is 1.87 bits per heavy atom. The molecule has 1 fully saturated rings. The third-order valence-electron chi connectivity index (χ3n) is 2.16. The predicted molar refractivity (Wildman–Crippen MR) is 60.1 cm³/mol. The Labute approximate surface area is 93.8 Å². The monoisotopic (exact) mass is 229 g/mol. The van der Waals surface area contributed by atoms with E-state index in [-0.39, 0.29) is 11.5 Å². The van der Waals surface area contributed by atoms with Gasteiger partial charge in [-0.25, -0.2) is 0 Å². The predicted octanol–water partition coefficient (Wildman–Crippen LogP) is -0.695. The van der Waals surface area contributed by atoms with Gasteiger partial charge in [-0.1, -0.05) is 25.1 Å². The number of amides is 2. The van der Waals surface area contributed by atoms with E-state index in [1.165, 1.54) is 12.8 Å². The molecule has 0 saturated heterocycles. The summed E-state index contributed by atoms with van der Waals surface area (Å²) < 4.78 is 0. The third-order valence-corrected chi connectivity index (χ3v) is 2.31. The normalized spacial score (nSPS) is 14.4. The first-order valence-electron chi connectivity index (χ1n) is 4.94. The van der Waals surface area contributed by atoms with E-state index in [1.54, 1.807) is 0 Å². The molecule has 0 unspecified atom stereocenters. The van der Waals surface area contributed by atoms with Crippen molar-refractivity contribution in [3.63, 3.8) is 0 Å². The molecule has 0 aliphatic heterocycles. The van der Waals surface area contributed by atoms with Crippen LogP contribution in [0.25, 0.3) is 0 Å². The number of hydrogen-bond donors (Lipinski definition) is 3. The third kappa shape index (κ3) is 5.31. The minimum Gasteiger partial charge on any atom is -0.392 e. The van der Waals surface area contributed by atoms with Crippen LogP contribution in [0.3, 0.4) is 0 Å². The van der Waals surface area contributed by atoms with Crippen molar-refractivity contribution in [3.05, 3.63) is 0 Å². The molecule has 6 heteroatoms. The maximum Gasteiger partial charge on any atom is 0.309 e. The van der Waals surface area contributed by atoms with Gasteiger partial charge < -0.3 is 16.4 Å². The molecule has 0 radical (unpaired) electrons. The molecular weight excluding hydrogens is 214 g/mol. The van der Waals surface area contributed by atoms with Crippen molar-refractivity contribution in [2.75, 3.05) is 13.1 Å². The summed E-state index contributed by atoms with van der Waals surface area (Å²) in [5.41, 5.74) is 5.17. The number of hydrogen-bond acceptors (Lipinski definition) is 3. The van der Waals surface area contributed by atoms with Crippen LogP contribution in [0.4, 0.5) is 0 Å². The van der Waals surface area contributed by atoms with Gasteiger partial charge in [-0.15, -0.1) is 0 Å². The quantitative estimate of drug-likeness (QED) is 0.430. The number of carbonyl (C=O) groups is 2. The smallest absolute Gasteiger partial charge is 0.309 e. The standard InChI is InChI=1S/C9H15N3O2S/c10-7(15)5-12-9(14)8(13)11-4-3-6-1-2-6/h6H,1-5H2,(H2,10,15)(H,11,13)(H,12,14). The Kier molecular flexibility index (Phi) is 4.48. The number of rotatable bonds is 5. The van der Waals surface area contributed by atoms with Crippen LogP contribution in [0.1, 0.15) is 19.3 Å². The fourth-order valence-electron chi connectivity index (χ4n) is 1.12. The second-order valence-corrected chi connectivity index (χ2v) is 4.16. The first-order valence-corrected chi connectivity index (χ1v) is 5.34. The van der Waals surface area contributed by atoms with Crippen molar-refractivity contribution >= 4 is 29.0 Å². The van der Waals surface area contributed by atoms with Crippen LogP contribution >= 0.6 is 12.2 Å². The number of thiocarbonyl (C=S) groups is 1. The highest BCUT2D eigenvalue weighted by molar-refractivity contribution is 7.80. The highest BCUT2D eigenvalue weighted by atomic mass is 32.1. The lowest BCUT2D eigenvalue weighted by Crippen LogP contribution is -2.43. The fraction of sp³-hybridized carbons (Fsp3) is 0.667. The van der Waals surface area contributed by atoms with E-state index in [9.17, 15) is 9.59 Å². The molecule has 0 bridgehead atoms. The average molecular weight is 229 g/mol. The van der Waals surface area contributed by atoms with Gasteiger partial charge in [0, 0.05) is 6.54 Å². The zero-order valence-corrected chi connectivity index (χ0v) is 9.23. The van der Waals surface area contributed by atoms with Gasteiger partial charge in [0.05, 0.1) is 11.5 Å². The molecule has 0 atom stereocenters. The molecule has 1 aliphatic carbocycles. The van der Waals surface area contributed by atoms with Gasteiger partial charge in [0.15, 0.2) is 0 Å². The largest absolute Gasteiger partial charge is 0.392 e.